The first-order chi connectivity index (χ1) is 6.07. The van der Waals surface area contributed by atoms with Crippen molar-refractivity contribution in [3.8, 4) is 6.07 Å². The van der Waals surface area contributed by atoms with E-state index in [9.17, 15) is 9.59 Å². The molecule has 0 aliphatic carbocycles. The van der Waals surface area contributed by atoms with E-state index < -0.39 is 18.0 Å². The van der Waals surface area contributed by atoms with Gasteiger partial charge in [0.15, 0.2) is 6.61 Å². The lowest BCUT2D eigenvalue weighted by atomic mass is 10.2. The Morgan fingerprint density at radius 2 is 2.23 bits per heavy atom. The van der Waals surface area contributed by atoms with Gasteiger partial charge < -0.3 is 15.6 Å². The molecule has 6 nitrogen and oxygen atoms in total. The number of ether oxygens (including phenoxy) is 1. The van der Waals surface area contributed by atoms with Gasteiger partial charge in [0.2, 0.25) is 0 Å². The Balaban J connectivity index is 3.59. The van der Waals surface area contributed by atoms with Crippen LogP contribution in [0, 0.1) is 11.3 Å². The van der Waals surface area contributed by atoms with E-state index in [1.807, 2.05) is 0 Å². The summed E-state index contributed by atoms with van der Waals surface area (Å²) in [6.07, 6.45) is -0.0747. The minimum Gasteiger partial charge on any atom is -0.480 e. The Labute approximate surface area is 74.9 Å². The molecule has 0 aromatic heterocycles. The summed E-state index contributed by atoms with van der Waals surface area (Å²) in [5, 5.41) is 16.4. The maximum absolute atomic E-state index is 10.7. The van der Waals surface area contributed by atoms with Crippen LogP contribution in [0.5, 0.6) is 0 Å². The Kier molecular flexibility index (Phi) is 5.23. The lowest BCUT2D eigenvalue weighted by Gasteiger charge is -2.04. The molecule has 0 rings (SSSR count). The number of carbonyl (C=O) groups is 2. The second-order valence-electron chi connectivity index (χ2n) is 2.30. The van der Waals surface area contributed by atoms with Crippen molar-refractivity contribution in [1.29, 1.82) is 5.26 Å². The predicted molar refractivity (Wildman–Crippen MR) is 41.4 cm³/mol. The Morgan fingerprint density at radius 1 is 1.62 bits per heavy atom. The third-order valence-corrected chi connectivity index (χ3v) is 1.27. The molecule has 0 saturated carbocycles. The number of nitriles is 1. The average molecular weight is 186 g/mol. The second-order valence-corrected chi connectivity index (χ2v) is 2.30. The molecule has 0 amide bonds. The monoisotopic (exact) mass is 186 g/mol. The van der Waals surface area contributed by atoms with Gasteiger partial charge in [-0.2, -0.15) is 5.26 Å². The van der Waals surface area contributed by atoms with Crippen molar-refractivity contribution in [3.05, 3.63) is 0 Å². The lowest BCUT2D eigenvalue weighted by Crippen LogP contribution is -2.30. The molecule has 13 heavy (non-hydrogen) atoms. The summed E-state index contributed by atoms with van der Waals surface area (Å²) >= 11 is 0. The fourth-order valence-corrected chi connectivity index (χ4v) is 0.582. The molecule has 72 valence electrons. The number of aliphatic carboxylic acids is 1. The molecule has 0 aromatic rings. The molecule has 0 saturated heterocycles. The highest BCUT2D eigenvalue weighted by molar-refractivity contribution is 5.75. The topological polar surface area (TPSA) is 113 Å². The molecule has 0 bridgehead atoms. The normalized spacial score (nSPS) is 11.4. The van der Waals surface area contributed by atoms with Crippen molar-refractivity contribution in [3.63, 3.8) is 0 Å². The molecule has 6 heteroatoms. The molecule has 0 radical (unpaired) electrons. The number of nitrogens with two attached hydrogens (primary N) is 1. The van der Waals surface area contributed by atoms with Crippen LogP contribution >= 0.6 is 0 Å². The highest BCUT2D eigenvalue weighted by Gasteiger charge is 2.13. The van der Waals surface area contributed by atoms with Crippen LogP contribution in [0.3, 0.4) is 0 Å². The molecular formula is C7H10N2O4. The summed E-state index contributed by atoms with van der Waals surface area (Å²) in [6, 6.07) is 0.558. The molecule has 0 aliphatic heterocycles. The molecule has 1 atom stereocenters. The number of carboxylic acids is 1. The molecular weight excluding hydrogens is 176 g/mol. The number of hydrogen-bond donors (Lipinski definition) is 2. The van der Waals surface area contributed by atoms with Gasteiger partial charge >= 0.3 is 11.9 Å². The summed E-state index contributed by atoms with van der Waals surface area (Å²) in [4.78, 5) is 20.9. The van der Waals surface area contributed by atoms with Crippen LogP contribution in [0.2, 0.25) is 0 Å². The summed E-state index contributed by atoms with van der Waals surface area (Å²) in [7, 11) is 0. The van der Waals surface area contributed by atoms with Gasteiger partial charge in [0.05, 0.1) is 0 Å². The maximum atomic E-state index is 10.7. The quantitative estimate of drug-likeness (QED) is 0.546. The van der Waals surface area contributed by atoms with Crippen LogP contribution in [0.25, 0.3) is 0 Å². The van der Waals surface area contributed by atoms with E-state index in [1.54, 1.807) is 6.07 Å². The first-order valence-corrected chi connectivity index (χ1v) is 3.59. The standard InChI is InChI=1S/C7H10N2O4/c8-3-4-13-6(10)2-1-5(9)7(11)12/h5H,1-2,4,9H2,(H,11,12)/t5-/m0/s1. The van der Waals surface area contributed by atoms with Crippen LogP contribution in [0.4, 0.5) is 0 Å². The summed E-state index contributed by atoms with van der Waals surface area (Å²) in [5.74, 6) is -1.77. The average Bonchev–Trinajstić information content (AvgIpc) is 2.10. The fraction of sp³-hybridized carbons (Fsp3) is 0.571. The number of hydrogen-bond acceptors (Lipinski definition) is 5. The smallest absolute Gasteiger partial charge is 0.320 e. The van der Waals surface area contributed by atoms with E-state index >= 15 is 0 Å². The summed E-state index contributed by atoms with van der Waals surface area (Å²) < 4.78 is 4.37. The van der Waals surface area contributed by atoms with Gasteiger partial charge in [0, 0.05) is 6.42 Å². The van der Waals surface area contributed by atoms with Crippen LogP contribution in [-0.2, 0) is 14.3 Å². The van der Waals surface area contributed by atoms with E-state index in [1.165, 1.54) is 0 Å². The van der Waals surface area contributed by atoms with Gasteiger partial charge in [0.1, 0.15) is 12.1 Å². The zero-order valence-corrected chi connectivity index (χ0v) is 6.90. The lowest BCUT2D eigenvalue weighted by molar-refractivity contribution is -0.143. The van der Waals surface area contributed by atoms with E-state index in [-0.39, 0.29) is 19.4 Å². The maximum Gasteiger partial charge on any atom is 0.320 e. The molecule has 0 fully saturated rings. The zero-order valence-electron chi connectivity index (χ0n) is 6.90. The van der Waals surface area contributed by atoms with Crippen molar-refractivity contribution < 1.29 is 19.4 Å². The Morgan fingerprint density at radius 3 is 2.69 bits per heavy atom. The summed E-state index contributed by atoms with van der Waals surface area (Å²) in [5.41, 5.74) is 5.12. The highest BCUT2D eigenvalue weighted by Crippen LogP contribution is 1.96. The number of esters is 1. The third-order valence-electron chi connectivity index (χ3n) is 1.27. The van der Waals surface area contributed by atoms with E-state index in [0.717, 1.165) is 0 Å². The number of carbonyl (C=O) groups excluding carboxylic acids is 1. The van der Waals surface area contributed by atoms with Crippen LogP contribution in [-0.4, -0.2) is 29.7 Å². The fourth-order valence-electron chi connectivity index (χ4n) is 0.582. The van der Waals surface area contributed by atoms with E-state index in [2.05, 4.69) is 4.74 Å². The number of carboxylic acid groups (broad SMARTS) is 1. The van der Waals surface area contributed by atoms with Gasteiger partial charge in [0.25, 0.3) is 0 Å². The zero-order chi connectivity index (χ0) is 10.3. The molecule has 3 N–H and O–H groups in total. The van der Waals surface area contributed by atoms with Crippen molar-refractivity contribution in [1.82, 2.24) is 0 Å². The van der Waals surface area contributed by atoms with Gasteiger partial charge in [-0.05, 0) is 6.42 Å². The van der Waals surface area contributed by atoms with Gasteiger partial charge in [-0.1, -0.05) is 0 Å². The van der Waals surface area contributed by atoms with Crippen molar-refractivity contribution >= 4 is 11.9 Å². The highest BCUT2D eigenvalue weighted by atomic mass is 16.5. The van der Waals surface area contributed by atoms with Crippen LogP contribution in [0.15, 0.2) is 0 Å². The number of rotatable bonds is 5. The first-order valence-electron chi connectivity index (χ1n) is 3.59. The second kappa shape index (κ2) is 5.97. The molecule has 0 aromatic carbocycles. The molecule has 0 unspecified atom stereocenters. The Bertz CT molecular complexity index is 233. The third kappa shape index (κ3) is 5.64. The van der Waals surface area contributed by atoms with Gasteiger partial charge in [-0.3, -0.25) is 9.59 Å². The molecule has 0 aliphatic rings. The minimum atomic E-state index is -1.16. The van der Waals surface area contributed by atoms with Crippen LogP contribution < -0.4 is 5.73 Å². The van der Waals surface area contributed by atoms with Crippen molar-refractivity contribution in [2.45, 2.75) is 18.9 Å². The van der Waals surface area contributed by atoms with E-state index in [0.29, 0.717) is 0 Å². The van der Waals surface area contributed by atoms with Gasteiger partial charge in [-0.25, -0.2) is 0 Å². The molecule has 0 heterocycles. The largest absolute Gasteiger partial charge is 0.480 e. The minimum absolute atomic E-state index is 0.0135. The van der Waals surface area contributed by atoms with Crippen molar-refractivity contribution in [2.75, 3.05) is 6.61 Å². The van der Waals surface area contributed by atoms with Crippen molar-refractivity contribution in [2.24, 2.45) is 5.73 Å². The van der Waals surface area contributed by atoms with Gasteiger partial charge in [-0.15, -0.1) is 0 Å². The van der Waals surface area contributed by atoms with E-state index in [4.69, 9.17) is 16.1 Å². The predicted octanol–water partition coefficient (Wildman–Crippen LogP) is -0.755. The Hall–Kier alpha value is -1.61. The van der Waals surface area contributed by atoms with Crippen LogP contribution in [0.1, 0.15) is 12.8 Å². The first kappa shape index (κ1) is 11.4. The summed E-state index contributed by atoms with van der Waals surface area (Å²) in [6.45, 7) is -0.318. The molecule has 0 spiro atoms. The SMILES string of the molecule is N#CCOC(=O)CC[C@H](N)C(=O)O. The number of nitrogens with zero attached hydrogens (tertiary/aromatic N) is 1.